The van der Waals surface area contributed by atoms with Gasteiger partial charge in [-0.25, -0.2) is 0 Å². The third-order valence-electron chi connectivity index (χ3n) is 5.75. The van der Waals surface area contributed by atoms with Crippen molar-refractivity contribution < 1.29 is 4.74 Å². The summed E-state index contributed by atoms with van der Waals surface area (Å²) >= 11 is -2.57. The van der Waals surface area contributed by atoms with E-state index in [1.54, 1.807) is 3.58 Å². The van der Waals surface area contributed by atoms with Crippen LogP contribution in [0, 0.1) is 12.3 Å². The number of terminal acetylenes is 1. The van der Waals surface area contributed by atoms with Gasteiger partial charge in [-0.2, -0.15) is 0 Å². The monoisotopic (exact) mass is 484 g/mol. The van der Waals surface area contributed by atoms with Crippen LogP contribution in [0.4, 0.5) is 0 Å². The van der Waals surface area contributed by atoms with Crippen LogP contribution < -0.4 is 8.32 Å². The predicted molar refractivity (Wildman–Crippen MR) is 125 cm³/mol. The van der Waals surface area contributed by atoms with Gasteiger partial charge in [-0.1, -0.05) is 0 Å². The average molecular weight is 483 g/mol. The molecule has 0 bridgehead atoms. The van der Waals surface area contributed by atoms with Gasteiger partial charge in [-0.05, 0) is 0 Å². The van der Waals surface area contributed by atoms with Crippen molar-refractivity contribution in [1.29, 1.82) is 0 Å². The fourth-order valence-corrected chi connectivity index (χ4v) is 20.5. The first-order valence-electron chi connectivity index (χ1n) is 11.0. The molecular weight excluding hydrogens is 447 g/mol. The number of benzene rings is 2. The van der Waals surface area contributed by atoms with E-state index in [0.717, 1.165) is 17.1 Å². The molecule has 0 N–H and O–H groups in total. The normalized spacial score (nSPS) is 11.2. The SMILES string of the molecule is C#Cc1ccccc1Oc1cccc[c]1[Sn]([CH2]CCC)([CH2]CCC)[CH2]CCC. The van der Waals surface area contributed by atoms with Crippen molar-refractivity contribution in [2.45, 2.75) is 72.6 Å². The summed E-state index contributed by atoms with van der Waals surface area (Å²) in [6.45, 7) is 6.96. The molecule has 2 rings (SSSR count). The molecule has 2 aromatic rings. The van der Waals surface area contributed by atoms with Crippen molar-refractivity contribution in [2.75, 3.05) is 0 Å². The van der Waals surface area contributed by atoms with Gasteiger partial charge in [0.2, 0.25) is 0 Å². The first kappa shape index (κ1) is 22.9. The molecule has 2 heteroatoms. The van der Waals surface area contributed by atoms with Gasteiger partial charge in [0.05, 0.1) is 0 Å². The Balaban J connectivity index is 2.48. The topological polar surface area (TPSA) is 9.23 Å². The van der Waals surface area contributed by atoms with Gasteiger partial charge in [-0.3, -0.25) is 0 Å². The van der Waals surface area contributed by atoms with E-state index in [1.165, 1.54) is 51.8 Å². The number of ether oxygens (including phenoxy) is 1. The molecule has 0 aliphatic carbocycles. The van der Waals surface area contributed by atoms with Gasteiger partial charge in [0, 0.05) is 0 Å². The van der Waals surface area contributed by atoms with E-state index in [0.29, 0.717) is 0 Å². The first-order chi connectivity index (χ1) is 13.7. The summed E-state index contributed by atoms with van der Waals surface area (Å²) in [5.41, 5.74) is 0.828. The van der Waals surface area contributed by atoms with Crippen molar-refractivity contribution >= 4 is 22.0 Å². The van der Waals surface area contributed by atoms with Crippen LogP contribution in [0.15, 0.2) is 48.5 Å². The second-order valence-electron chi connectivity index (χ2n) is 7.83. The van der Waals surface area contributed by atoms with E-state index in [4.69, 9.17) is 11.2 Å². The van der Waals surface area contributed by atoms with Crippen LogP contribution in [0.2, 0.25) is 13.3 Å². The van der Waals surface area contributed by atoms with Crippen molar-refractivity contribution in [3.8, 4) is 23.8 Å². The van der Waals surface area contributed by atoms with Crippen molar-refractivity contribution in [2.24, 2.45) is 0 Å². The van der Waals surface area contributed by atoms with Crippen LogP contribution in [0.5, 0.6) is 11.5 Å². The zero-order valence-electron chi connectivity index (χ0n) is 18.0. The van der Waals surface area contributed by atoms with E-state index in [-0.39, 0.29) is 0 Å². The average Bonchev–Trinajstić information content (AvgIpc) is 2.74. The third-order valence-corrected chi connectivity index (χ3v) is 21.4. The van der Waals surface area contributed by atoms with Crippen molar-refractivity contribution in [3.63, 3.8) is 0 Å². The van der Waals surface area contributed by atoms with Crippen LogP contribution in [0.1, 0.15) is 64.9 Å². The standard InChI is InChI=1S/C14H9O.3C4H9.Sn/c1-2-12-8-6-7-11-14(12)15-13-9-4-3-5-10-13;3*1-3-4-2;/h1,3-9,11H;3*1,3-4H2,2H3;. The van der Waals surface area contributed by atoms with Gasteiger partial charge in [0.15, 0.2) is 0 Å². The molecule has 0 aliphatic rings. The van der Waals surface area contributed by atoms with E-state index in [2.05, 4.69) is 51.0 Å². The Kier molecular flexibility index (Phi) is 9.99. The second kappa shape index (κ2) is 12.2. The number of unbranched alkanes of at least 4 members (excludes halogenated alkanes) is 3. The van der Waals surface area contributed by atoms with Crippen molar-refractivity contribution in [1.82, 2.24) is 0 Å². The molecule has 0 radical (unpaired) electrons. The Bertz CT molecular complexity index is 737. The summed E-state index contributed by atoms with van der Waals surface area (Å²) < 4.78 is 12.4. The molecule has 0 heterocycles. The number of para-hydroxylation sites is 2. The van der Waals surface area contributed by atoms with Gasteiger partial charge >= 0.3 is 177 Å². The Morgan fingerprint density at radius 1 is 0.750 bits per heavy atom. The van der Waals surface area contributed by atoms with Crippen LogP contribution in [-0.2, 0) is 0 Å². The number of rotatable bonds is 12. The summed E-state index contributed by atoms with van der Waals surface area (Å²) in [6.07, 6.45) is 13.6. The van der Waals surface area contributed by atoms with Crippen molar-refractivity contribution in [3.05, 3.63) is 54.1 Å². The zero-order valence-corrected chi connectivity index (χ0v) is 20.8. The molecule has 0 saturated carbocycles. The molecule has 0 saturated heterocycles. The maximum atomic E-state index is 6.49. The molecule has 0 aliphatic heterocycles. The van der Waals surface area contributed by atoms with Crippen LogP contribution in [0.25, 0.3) is 0 Å². The van der Waals surface area contributed by atoms with Crippen LogP contribution in [0.3, 0.4) is 0 Å². The zero-order chi connectivity index (χ0) is 20.2. The Morgan fingerprint density at radius 2 is 1.25 bits per heavy atom. The summed E-state index contributed by atoms with van der Waals surface area (Å²) in [5, 5.41) is 0. The summed E-state index contributed by atoms with van der Waals surface area (Å²) in [6, 6.07) is 16.8. The molecule has 0 spiro atoms. The quantitative estimate of drug-likeness (QED) is 0.224. The number of hydrogen-bond acceptors (Lipinski definition) is 1. The molecule has 2 aromatic carbocycles. The summed E-state index contributed by atoms with van der Waals surface area (Å²) in [5.74, 6) is 4.63. The van der Waals surface area contributed by atoms with Gasteiger partial charge < -0.3 is 0 Å². The number of hydrogen-bond donors (Lipinski definition) is 0. The molecular formula is C26H36OSn. The fraction of sp³-hybridized carbons (Fsp3) is 0.462. The summed E-state index contributed by atoms with van der Waals surface area (Å²) in [4.78, 5) is 0. The van der Waals surface area contributed by atoms with Gasteiger partial charge in [0.1, 0.15) is 0 Å². The van der Waals surface area contributed by atoms with Crippen LogP contribution >= 0.6 is 0 Å². The molecule has 1 nitrogen and oxygen atoms in total. The Morgan fingerprint density at radius 3 is 1.79 bits per heavy atom. The first-order valence-corrected chi connectivity index (χ1v) is 18.5. The van der Waals surface area contributed by atoms with Gasteiger partial charge in [0.25, 0.3) is 0 Å². The fourth-order valence-electron chi connectivity index (χ4n) is 4.11. The molecule has 150 valence electrons. The molecule has 28 heavy (non-hydrogen) atoms. The van der Waals surface area contributed by atoms with Crippen LogP contribution in [-0.4, -0.2) is 18.4 Å². The maximum absolute atomic E-state index is 6.49. The second-order valence-corrected chi connectivity index (χ2v) is 21.0. The van der Waals surface area contributed by atoms with E-state index >= 15 is 0 Å². The summed E-state index contributed by atoms with van der Waals surface area (Å²) in [7, 11) is 0. The Labute approximate surface area is 176 Å². The Hall–Kier alpha value is -1.40. The van der Waals surface area contributed by atoms with E-state index in [1.807, 2.05) is 24.3 Å². The molecule has 0 unspecified atom stereocenters. The minimum absolute atomic E-state index is 0.805. The van der Waals surface area contributed by atoms with E-state index < -0.39 is 18.4 Å². The molecule has 0 aromatic heterocycles. The molecule has 0 amide bonds. The van der Waals surface area contributed by atoms with Gasteiger partial charge in [-0.15, -0.1) is 0 Å². The predicted octanol–water partition coefficient (Wildman–Crippen LogP) is 7.52. The molecule has 0 fully saturated rings. The molecule has 0 atom stereocenters. The van der Waals surface area contributed by atoms with E-state index in [9.17, 15) is 0 Å². The third kappa shape index (κ3) is 6.05. The minimum atomic E-state index is -2.57.